The van der Waals surface area contributed by atoms with Crippen molar-refractivity contribution in [2.45, 2.75) is 148 Å². The van der Waals surface area contributed by atoms with E-state index in [-0.39, 0.29) is 17.6 Å². The number of hydrogen-bond acceptors (Lipinski definition) is 8. The van der Waals surface area contributed by atoms with Crippen LogP contribution in [0.2, 0.25) is 0 Å². The van der Waals surface area contributed by atoms with Gasteiger partial charge in [-0.05, 0) is 98.7 Å². The summed E-state index contributed by atoms with van der Waals surface area (Å²) in [5.74, 6) is 2.65. The number of ether oxygens (including phenoxy) is 4. The van der Waals surface area contributed by atoms with E-state index >= 15 is 0 Å². The average Bonchev–Trinajstić information content (AvgIpc) is 3.25. The lowest BCUT2D eigenvalue weighted by molar-refractivity contribution is -0.313. The monoisotopic (exact) mass is 592 g/mol. The Morgan fingerprint density at radius 3 is 2.45 bits per heavy atom. The Labute approximate surface area is 252 Å². The third-order valence-corrected chi connectivity index (χ3v) is 13.1. The summed E-state index contributed by atoms with van der Waals surface area (Å²) < 4.78 is 25.1. The van der Waals surface area contributed by atoms with Gasteiger partial charge in [0.1, 0.15) is 24.4 Å². The minimum Gasteiger partial charge on any atom is -0.394 e. The molecular formula is C34H56O8. The van der Waals surface area contributed by atoms with Crippen molar-refractivity contribution in [3.63, 3.8) is 0 Å². The second-order valence-electron chi connectivity index (χ2n) is 15.5. The smallest absolute Gasteiger partial charge is 0.186 e. The standard InChI is InChI=1S/C34H56O8/c1-6-23-26(42-34(5)14-9-19(2)18-39-34)16-25-22-8-7-20-15-21(10-12-32(20,3)24(22)11-13-33(23,25)4)40-31-30(38)29(37)28(36)27(17-35)41-31/h7,19,21-31,35-38H,6,8-18H2,1-5H3/t19-,21+,22-,23+,24+,25+,26+,27?,28-,29+,30?,31-,32+,33-,34+/m1/s1. The maximum atomic E-state index is 10.5. The second kappa shape index (κ2) is 11.7. The maximum Gasteiger partial charge on any atom is 0.186 e. The molecule has 0 aromatic carbocycles. The number of aliphatic hydroxyl groups is 4. The van der Waals surface area contributed by atoms with Crippen LogP contribution in [0.1, 0.15) is 98.8 Å². The Bertz CT molecular complexity index is 992. The molecule has 4 N–H and O–H groups in total. The van der Waals surface area contributed by atoms with Gasteiger partial charge in [-0.15, -0.1) is 0 Å². The lowest BCUT2D eigenvalue weighted by Crippen LogP contribution is -2.60. The molecule has 0 radical (unpaired) electrons. The number of allylic oxidation sites excluding steroid dienone is 1. The number of hydrogen-bond donors (Lipinski definition) is 4. The molecule has 2 unspecified atom stereocenters. The molecule has 6 aliphatic rings. The second-order valence-corrected chi connectivity index (χ2v) is 15.5. The van der Waals surface area contributed by atoms with Crippen molar-refractivity contribution in [1.29, 1.82) is 0 Å². The van der Waals surface area contributed by atoms with Crippen molar-refractivity contribution < 1.29 is 39.4 Å². The van der Waals surface area contributed by atoms with Gasteiger partial charge in [0, 0.05) is 6.42 Å². The van der Waals surface area contributed by atoms with Crippen molar-refractivity contribution in [1.82, 2.24) is 0 Å². The molecule has 2 heterocycles. The quantitative estimate of drug-likeness (QED) is 0.337. The average molecular weight is 593 g/mol. The first-order valence-electron chi connectivity index (χ1n) is 16.9. The topological polar surface area (TPSA) is 118 Å². The first-order chi connectivity index (χ1) is 19.9. The van der Waals surface area contributed by atoms with Gasteiger partial charge in [0.25, 0.3) is 0 Å². The molecule has 6 rings (SSSR count). The summed E-state index contributed by atoms with van der Waals surface area (Å²) in [6, 6.07) is 0. The van der Waals surface area contributed by atoms with Gasteiger partial charge in [-0.2, -0.15) is 0 Å². The predicted octanol–water partition coefficient (Wildman–Crippen LogP) is 4.32. The Balaban J connectivity index is 1.15. The maximum absolute atomic E-state index is 10.5. The summed E-state index contributed by atoms with van der Waals surface area (Å²) in [5.41, 5.74) is 1.89. The number of aliphatic hydroxyl groups excluding tert-OH is 4. The molecule has 5 fully saturated rings. The van der Waals surface area contributed by atoms with E-state index in [2.05, 4.69) is 40.7 Å². The minimum atomic E-state index is -1.41. The lowest BCUT2D eigenvalue weighted by atomic mass is 9.47. The molecule has 42 heavy (non-hydrogen) atoms. The zero-order chi connectivity index (χ0) is 30.0. The van der Waals surface area contributed by atoms with Gasteiger partial charge in [-0.3, -0.25) is 0 Å². The number of rotatable bonds is 6. The van der Waals surface area contributed by atoms with Crippen LogP contribution in [0.4, 0.5) is 0 Å². The van der Waals surface area contributed by atoms with Crippen LogP contribution in [0.15, 0.2) is 11.6 Å². The normalized spacial score (nSPS) is 54.5. The first kappa shape index (κ1) is 31.4. The Hall–Kier alpha value is -0.580. The predicted molar refractivity (Wildman–Crippen MR) is 157 cm³/mol. The van der Waals surface area contributed by atoms with E-state index in [1.54, 1.807) is 0 Å². The van der Waals surface area contributed by atoms with E-state index < -0.39 is 43.1 Å². The van der Waals surface area contributed by atoms with Gasteiger partial charge in [0.2, 0.25) is 0 Å². The highest BCUT2D eigenvalue weighted by Crippen LogP contribution is 2.67. The van der Waals surface area contributed by atoms with Gasteiger partial charge in [-0.25, -0.2) is 0 Å². The third kappa shape index (κ3) is 5.24. The van der Waals surface area contributed by atoms with Crippen LogP contribution < -0.4 is 0 Å². The summed E-state index contributed by atoms with van der Waals surface area (Å²) in [5, 5.41) is 40.5. The molecule has 8 nitrogen and oxygen atoms in total. The van der Waals surface area contributed by atoms with Crippen molar-refractivity contribution in [2.75, 3.05) is 13.2 Å². The molecule has 2 saturated heterocycles. The fourth-order valence-corrected chi connectivity index (χ4v) is 10.5. The molecule has 8 heteroatoms. The van der Waals surface area contributed by atoms with Crippen LogP contribution in [-0.2, 0) is 18.9 Å². The fraction of sp³-hybridized carbons (Fsp3) is 0.941. The molecular weight excluding hydrogens is 536 g/mol. The third-order valence-electron chi connectivity index (χ3n) is 13.1. The van der Waals surface area contributed by atoms with E-state index in [1.165, 1.54) is 24.8 Å². The lowest BCUT2D eigenvalue weighted by Gasteiger charge is -2.58. The Kier molecular flexibility index (Phi) is 8.71. The van der Waals surface area contributed by atoms with Crippen molar-refractivity contribution in [3.05, 3.63) is 11.6 Å². The van der Waals surface area contributed by atoms with Gasteiger partial charge in [0.15, 0.2) is 12.1 Å². The van der Waals surface area contributed by atoms with Crippen LogP contribution in [0.3, 0.4) is 0 Å². The molecule has 0 amide bonds. The minimum absolute atomic E-state index is 0.134. The van der Waals surface area contributed by atoms with E-state index in [9.17, 15) is 20.4 Å². The van der Waals surface area contributed by atoms with Gasteiger partial charge < -0.3 is 39.4 Å². The highest BCUT2D eigenvalue weighted by atomic mass is 16.7. The van der Waals surface area contributed by atoms with Gasteiger partial charge >= 0.3 is 0 Å². The highest BCUT2D eigenvalue weighted by Gasteiger charge is 2.62. The SMILES string of the molecule is CC[C@H]1[C@@H](O[C@@]2(C)CC[C@@H](C)CO2)C[C@H]2[C@@H]3CC=C4C[C@@H](O[C@@H]5OC(CO)[C@@H](O)[C@H](O)C5O)CC[C@]4(C)[C@H]3CC[C@@]21C. The van der Waals surface area contributed by atoms with E-state index in [0.29, 0.717) is 35.0 Å². The number of fused-ring (bicyclic) bond motifs is 5. The zero-order valence-corrected chi connectivity index (χ0v) is 26.4. The van der Waals surface area contributed by atoms with Gasteiger partial charge in [0.05, 0.1) is 25.4 Å². The van der Waals surface area contributed by atoms with Crippen LogP contribution >= 0.6 is 0 Å². The molecule has 2 aliphatic heterocycles. The largest absolute Gasteiger partial charge is 0.394 e. The molecule has 3 saturated carbocycles. The van der Waals surface area contributed by atoms with Crippen molar-refractivity contribution in [2.24, 2.45) is 40.4 Å². The summed E-state index contributed by atoms with van der Waals surface area (Å²) in [6.45, 7) is 12.2. The summed E-state index contributed by atoms with van der Waals surface area (Å²) in [7, 11) is 0. The van der Waals surface area contributed by atoms with E-state index in [1.807, 2.05) is 0 Å². The highest BCUT2D eigenvalue weighted by molar-refractivity contribution is 5.26. The summed E-state index contributed by atoms with van der Waals surface area (Å²) in [6.07, 6.45) is 7.13. The van der Waals surface area contributed by atoms with Crippen molar-refractivity contribution in [3.8, 4) is 0 Å². The molecule has 240 valence electrons. The first-order valence-corrected chi connectivity index (χ1v) is 16.9. The Morgan fingerprint density at radius 1 is 0.976 bits per heavy atom. The molecule has 0 aromatic heterocycles. The zero-order valence-electron chi connectivity index (χ0n) is 26.4. The van der Waals surface area contributed by atoms with E-state index in [4.69, 9.17) is 18.9 Å². The molecule has 15 atom stereocenters. The summed E-state index contributed by atoms with van der Waals surface area (Å²) >= 11 is 0. The molecule has 0 spiro atoms. The van der Waals surface area contributed by atoms with Crippen LogP contribution in [-0.4, -0.2) is 82.3 Å². The van der Waals surface area contributed by atoms with Crippen molar-refractivity contribution >= 4 is 0 Å². The van der Waals surface area contributed by atoms with E-state index in [0.717, 1.165) is 51.6 Å². The van der Waals surface area contributed by atoms with Crippen LogP contribution in [0.5, 0.6) is 0 Å². The molecule has 0 aromatic rings. The molecule has 0 bridgehead atoms. The summed E-state index contributed by atoms with van der Waals surface area (Å²) in [4.78, 5) is 0. The van der Waals surface area contributed by atoms with Gasteiger partial charge in [-0.1, -0.05) is 45.8 Å². The van der Waals surface area contributed by atoms with Crippen LogP contribution in [0, 0.1) is 40.4 Å². The van der Waals surface area contributed by atoms with Crippen LogP contribution in [0.25, 0.3) is 0 Å². The fourth-order valence-electron chi connectivity index (χ4n) is 10.5. The molecule has 4 aliphatic carbocycles. The Morgan fingerprint density at radius 2 is 1.76 bits per heavy atom.